The van der Waals surface area contributed by atoms with Gasteiger partial charge >= 0.3 is 0 Å². The fraction of sp³-hybridized carbons (Fsp3) is 0.407. The topological polar surface area (TPSA) is 88.5 Å². The molecule has 1 unspecified atom stereocenters. The average Bonchev–Trinajstić information content (AvgIpc) is 3.14. The summed E-state index contributed by atoms with van der Waals surface area (Å²) < 4.78 is 16.4. The number of hydrogen-bond donors (Lipinski definition) is 1. The van der Waals surface area contributed by atoms with Gasteiger partial charge in [-0.1, -0.05) is 32.0 Å². The average molecular weight is 483 g/mol. The Labute approximate surface area is 206 Å². The van der Waals surface area contributed by atoms with E-state index in [0.717, 1.165) is 13.1 Å². The molecule has 0 aliphatic carbocycles. The number of ketones is 1. The zero-order valence-corrected chi connectivity index (χ0v) is 21.0. The number of aliphatic hydroxyl groups is 1. The molecule has 1 saturated heterocycles. The van der Waals surface area contributed by atoms with Crippen molar-refractivity contribution in [1.82, 2.24) is 9.80 Å². The lowest BCUT2D eigenvalue weighted by Crippen LogP contribution is -2.38. The number of rotatable bonds is 11. The number of carbonyl (C=O) groups is 2. The smallest absolute Gasteiger partial charge is 0.295 e. The zero-order valence-electron chi connectivity index (χ0n) is 21.0. The third-order valence-corrected chi connectivity index (χ3v) is 6.24. The van der Waals surface area contributed by atoms with E-state index in [1.807, 2.05) is 6.92 Å². The molecule has 2 aromatic carbocycles. The van der Waals surface area contributed by atoms with Crippen molar-refractivity contribution in [3.8, 4) is 17.2 Å². The number of likely N-dealkylation sites (N-methyl/N-ethyl adjacent to an activating group) is 1. The summed E-state index contributed by atoms with van der Waals surface area (Å²) in [6.45, 7) is 9.03. The maximum atomic E-state index is 13.3. The summed E-state index contributed by atoms with van der Waals surface area (Å²) in [4.78, 5) is 30.2. The van der Waals surface area contributed by atoms with Crippen molar-refractivity contribution in [2.75, 3.05) is 47.0 Å². The number of amides is 1. The predicted octanol–water partition coefficient (Wildman–Crippen LogP) is 3.87. The molecule has 0 aromatic heterocycles. The first-order valence-corrected chi connectivity index (χ1v) is 11.9. The molecule has 35 heavy (non-hydrogen) atoms. The predicted molar refractivity (Wildman–Crippen MR) is 134 cm³/mol. The molecule has 1 atom stereocenters. The van der Waals surface area contributed by atoms with E-state index in [2.05, 4.69) is 18.7 Å². The molecule has 0 bridgehead atoms. The van der Waals surface area contributed by atoms with E-state index in [-0.39, 0.29) is 11.3 Å². The van der Waals surface area contributed by atoms with Crippen molar-refractivity contribution in [3.05, 3.63) is 59.2 Å². The van der Waals surface area contributed by atoms with Crippen LogP contribution < -0.4 is 14.2 Å². The van der Waals surface area contributed by atoms with Crippen LogP contribution in [-0.4, -0.2) is 73.6 Å². The van der Waals surface area contributed by atoms with Crippen LogP contribution in [0.1, 0.15) is 37.9 Å². The van der Waals surface area contributed by atoms with Crippen molar-refractivity contribution in [2.45, 2.75) is 26.8 Å². The number of benzene rings is 2. The van der Waals surface area contributed by atoms with Crippen LogP contribution in [0.5, 0.6) is 17.2 Å². The molecule has 1 fully saturated rings. The molecular weight excluding hydrogens is 448 g/mol. The molecule has 8 nitrogen and oxygen atoms in total. The van der Waals surface area contributed by atoms with Crippen LogP contribution in [0.4, 0.5) is 0 Å². The van der Waals surface area contributed by atoms with Crippen LogP contribution in [0.15, 0.2) is 48.0 Å². The molecule has 188 valence electrons. The number of Topliss-reactive ketones (excluding diaryl/α,β-unsaturated/α-hetero) is 1. The molecule has 3 rings (SSSR count). The van der Waals surface area contributed by atoms with Gasteiger partial charge in [0, 0.05) is 18.7 Å². The van der Waals surface area contributed by atoms with Crippen LogP contribution in [0.2, 0.25) is 0 Å². The normalized spacial score (nSPS) is 17.2. The summed E-state index contributed by atoms with van der Waals surface area (Å²) in [5, 5.41) is 11.3. The number of ether oxygens (including phenoxy) is 3. The number of carbonyl (C=O) groups excluding carboxylic acids is 2. The Balaban J connectivity index is 2.15. The second-order valence-corrected chi connectivity index (χ2v) is 8.09. The molecule has 1 amide bonds. The maximum absolute atomic E-state index is 13.3. The van der Waals surface area contributed by atoms with Crippen LogP contribution in [0, 0.1) is 0 Å². The summed E-state index contributed by atoms with van der Waals surface area (Å²) >= 11 is 0. The van der Waals surface area contributed by atoms with Gasteiger partial charge in [-0.15, -0.1) is 0 Å². The van der Waals surface area contributed by atoms with Gasteiger partial charge in [0.2, 0.25) is 0 Å². The number of aliphatic hydroxyl groups excluding tert-OH is 1. The first-order valence-electron chi connectivity index (χ1n) is 11.9. The van der Waals surface area contributed by atoms with Crippen molar-refractivity contribution in [2.24, 2.45) is 0 Å². The lowest BCUT2D eigenvalue weighted by atomic mass is 9.95. The van der Waals surface area contributed by atoms with E-state index in [0.29, 0.717) is 48.1 Å². The zero-order chi connectivity index (χ0) is 25.5. The summed E-state index contributed by atoms with van der Waals surface area (Å²) in [5.41, 5.74) is 1.08. The van der Waals surface area contributed by atoms with Crippen LogP contribution in [-0.2, 0) is 9.59 Å². The highest BCUT2D eigenvalue weighted by Crippen LogP contribution is 2.42. The Bertz CT molecular complexity index is 1090. The number of nitrogens with zero attached hydrogens (tertiary/aromatic N) is 2. The molecule has 0 radical (unpaired) electrons. The first kappa shape index (κ1) is 26.1. The Morgan fingerprint density at radius 2 is 1.74 bits per heavy atom. The standard InChI is InChI=1S/C27H34N2O6/c1-6-28(7-2)14-15-29-24(18-12-13-21(35-8-3)22(17-18)34-5)23(26(31)27(29)32)25(30)19-10-9-11-20(16-19)33-4/h9-13,16-17,24,30H,6-8,14-15H2,1-5H3/b25-23+. The van der Waals surface area contributed by atoms with Gasteiger partial charge in [0.15, 0.2) is 11.5 Å². The fourth-order valence-corrected chi connectivity index (χ4v) is 4.30. The minimum Gasteiger partial charge on any atom is -0.507 e. The number of methoxy groups -OCH3 is 2. The third kappa shape index (κ3) is 5.43. The van der Waals surface area contributed by atoms with Gasteiger partial charge in [-0.05, 0) is 49.8 Å². The molecule has 8 heteroatoms. The van der Waals surface area contributed by atoms with Gasteiger partial charge < -0.3 is 29.1 Å². The largest absolute Gasteiger partial charge is 0.507 e. The molecule has 1 aliphatic heterocycles. The lowest BCUT2D eigenvalue weighted by molar-refractivity contribution is -0.140. The fourth-order valence-electron chi connectivity index (χ4n) is 4.30. The summed E-state index contributed by atoms with van der Waals surface area (Å²) in [6.07, 6.45) is 0. The van der Waals surface area contributed by atoms with E-state index in [4.69, 9.17) is 14.2 Å². The first-order chi connectivity index (χ1) is 16.9. The van der Waals surface area contributed by atoms with Gasteiger partial charge in [-0.3, -0.25) is 9.59 Å². The maximum Gasteiger partial charge on any atom is 0.295 e. The lowest BCUT2D eigenvalue weighted by Gasteiger charge is -2.28. The Kier molecular flexibility index (Phi) is 8.76. The Morgan fingerprint density at radius 1 is 1.00 bits per heavy atom. The minimum atomic E-state index is -0.777. The Morgan fingerprint density at radius 3 is 2.37 bits per heavy atom. The molecular formula is C27H34N2O6. The van der Waals surface area contributed by atoms with Crippen LogP contribution in [0.3, 0.4) is 0 Å². The second kappa shape index (κ2) is 11.8. The number of hydrogen-bond acceptors (Lipinski definition) is 7. The van der Waals surface area contributed by atoms with Gasteiger partial charge in [-0.2, -0.15) is 0 Å². The summed E-state index contributed by atoms with van der Waals surface area (Å²) in [6, 6.07) is 11.3. The quantitative estimate of drug-likeness (QED) is 0.296. The van der Waals surface area contributed by atoms with Crippen molar-refractivity contribution >= 4 is 17.4 Å². The second-order valence-electron chi connectivity index (χ2n) is 8.09. The van der Waals surface area contributed by atoms with E-state index in [9.17, 15) is 14.7 Å². The molecule has 2 aromatic rings. The van der Waals surface area contributed by atoms with E-state index in [1.54, 1.807) is 42.5 Å². The Hall–Kier alpha value is -3.52. The van der Waals surface area contributed by atoms with Crippen LogP contribution >= 0.6 is 0 Å². The third-order valence-electron chi connectivity index (χ3n) is 6.24. The van der Waals surface area contributed by atoms with Gasteiger partial charge in [0.05, 0.1) is 32.4 Å². The van der Waals surface area contributed by atoms with E-state index >= 15 is 0 Å². The van der Waals surface area contributed by atoms with Crippen molar-refractivity contribution in [3.63, 3.8) is 0 Å². The molecule has 1 heterocycles. The van der Waals surface area contributed by atoms with Gasteiger partial charge in [-0.25, -0.2) is 0 Å². The summed E-state index contributed by atoms with van der Waals surface area (Å²) in [7, 11) is 3.06. The van der Waals surface area contributed by atoms with Crippen molar-refractivity contribution < 1.29 is 28.9 Å². The molecule has 1 N–H and O–H groups in total. The SMILES string of the molecule is CCOc1ccc(C2/C(=C(\O)c3cccc(OC)c3)C(=O)C(=O)N2CCN(CC)CC)cc1OC. The molecule has 1 aliphatic rings. The van der Waals surface area contributed by atoms with E-state index in [1.165, 1.54) is 19.1 Å². The minimum absolute atomic E-state index is 0.0361. The van der Waals surface area contributed by atoms with Gasteiger partial charge in [0.1, 0.15) is 11.5 Å². The summed E-state index contributed by atoms with van der Waals surface area (Å²) in [5.74, 6) is -0.0246. The van der Waals surface area contributed by atoms with Gasteiger partial charge in [0.25, 0.3) is 11.7 Å². The van der Waals surface area contributed by atoms with Crippen LogP contribution in [0.25, 0.3) is 5.76 Å². The number of likely N-dealkylation sites (tertiary alicyclic amines) is 1. The molecule has 0 spiro atoms. The highest BCUT2D eigenvalue weighted by Gasteiger charge is 2.46. The highest BCUT2D eigenvalue weighted by atomic mass is 16.5. The molecule has 0 saturated carbocycles. The van der Waals surface area contributed by atoms with Crippen molar-refractivity contribution in [1.29, 1.82) is 0 Å². The monoisotopic (exact) mass is 482 g/mol. The van der Waals surface area contributed by atoms with E-state index < -0.39 is 17.7 Å². The highest BCUT2D eigenvalue weighted by molar-refractivity contribution is 6.46.